The van der Waals surface area contributed by atoms with Gasteiger partial charge in [0.25, 0.3) is 5.91 Å². The lowest BCUT2D eigenvalue weighted by Crippen LogP contribution is -2.29. The summed E-state index contributed by atoms with van der Waals surface area (Å²) in [5.41, 5.74) is 2.73. The first kappa shape index (κ1) is 22.0. The molecule has 31 heavy (non-hydrogen) atoms. The molecule has 2 aromatic carbocycles. The fourth-order valence-corrected chi connectivity index (χ4v) is 3.02. The van der Waals surface area contributed by atoms with Crippen LogP contribution in [0.2, 0.25) is 0 Å². The molecule has 162 valence electrons. The normalized spacial score (nSPS) is 12.8. The average molecular weight is 423 g/mol. The molecule has 1 N–H and O–H groups in total. The molecule has 8 heteroatoms. The van der Waals surface area contributed by atoms with Gasteiger partial charge in [0, 0.05) is 19.4 Å². The van der Waals surface area contributed by atoms with E-state index in [1.165, 1.54) is 5.01 Å². The minimum absolute atomic E-state index is 0.0160. The second-order valence-corrected chi connectivity index (χ2v) is 6.97. The number of esters is 1. The second kappa shape index (κ2) is 10.9. The van der Waals surface area contributed by atoms with Crippen LogP contribution in [0.4, 0.5) is 0 Å². The predicted octanol–water partition coefficient (Wildman–Crippen LogP) is 2.27. The van der Waals surface area contributed by atoms with Crippen molar-refractivity contribution in [1.82, 2.24) is 10.3 Å². The van der Waals surface area contributed by atoms with Crippen LogP contribution in [0.5, 0.6) is 5.75 Å². The Balaban J connectivity index is 1.34. The molecule has 0 aliphatic carbocycles. The Labute approximate surface area is 180 Å². The quantitative estimate of drug-likeness (QED) is 0.624. The first-order valence-electron chi connectivity index (χ1n) is 10.0. The maximum absolute atomic E-state index is 12.3. The van der Waals surface area contributed by atoms with Gasteiger partial charge >= 0.3 is 5.97 Å². The predicted molar refractivity (Wildman–Crippen MR) is 114 cm³/mol. The van der Waals surface area contributed by atoms with E-state index in [1.807, 2.05) is 42.5 Å². The highest BCUT2D eigenvalue weighted by Gasteiger charge is 2.22. The number of ether oxygens (including phenoxy) is 2. The van der Waals surface area contributed by atoms with E-state index in [1.54, 1.807) is 19.2 Å². The van der Waals surface area contributed by atoms with Crippen LogP contribution < -0.4 is 10.1 Å². The largest absolute Gasteiger partial charge is 0.497 e. The molecule has 0 saturated heterocycles. The fourth-order valence-electron chi connectivity index (χ4n) is 3.02. The molecule has 0 bridgehead atoms. The van der Waals surface area contributed by atoms with Gasteiger partial charge in [0.2, 0.25) is 5.91 Å². The Morgan fingerprint density at radius 2 is 1.77 bits per heavy atom. The van der Waals surface area contributed by atoms with E-state index >= 15 is 0 Å². The first-order chi connectivity index (χ1) is 15.0. The van der Waals surface area contributed by atoms with Crippen molar-refractivity contribution in [2.75, 3.05) is 20.3 Å². The van der Waals surface area contributed by atoms with Gasteiger partial charge in [-0.15, -0.1) is 0 Å². The van der Waals surface area contributed by atoms with Crippen molar-refractivity contribution < 1.29 is 23.9 Å². The lowest BCUT2D eigenvalue weighted by atomic mass is 10.1. The first-order valence-corrected chi connectivity index (χ1v) is 10.0. The van der Waals surface area contributed by atoms with Crippen molar-refractivity contribution in [3.8, 4) is 5.75 Å². The highest BCUT2D eigenvalue weighted by atomic mass is 16.5. The third-order valence-electron chi connectivity index (χ3n) is 4.75. The van der Waals surface area contributed by atoms with Crippen molar-refractivity contribution >= 4 is 23.5 Å². The number of hydrogen-bond donors (Lipinski definition) is 1. The standard InChI is InChI=1S/C23H25N3O5/c1-30-19-9-7-17(8-10-19)15-24-21(27)16-31-23(29)12-11-22(28)26-14-13-20(25-26)18-5-3-2-4-6-18/h2-10H,11-16H2,1H3,(H,24,27). The van der Waals surface area contributed by atoms with Gasteiger partial charge in [0.05, 0.1) is 25.8 Å². The number of carbonyl (C=O) groups excluding carboxylic acids is 3. The lowest BCUT2D eigenvalue weighted by Gasteiger charge is -2.11. The second-order valence-electron chi connectivity index (χ2n) is 6.97. The SMILES string of the molecule is COc1ccc(CNC(=O)COC(=O)CCC(=O)N2CCC(c3ccccc3)=N2)cc1. The van der Waals surface area contributed by atoms with Crippen molar-refractivity contribution in [3.63, 3.8) is 0 Å². The molecule has 2 aromatic rings. The Morgan fingerprint density at radius 3 is 2.48 bits per heavy atom. The van der Waals surface area contributed by atoms with Gasteiger partial charge in [-0.25, -0.2) is 5.01 Å². The topological polar surface area (TPSA) is 97.3 Å². The summed E-state index contributed by atoms with van der Waals surface area (Å²) in [7, 11) is 1.58. The molecule has 1 heterocycles. The minimum atomic E-state index is -0.598. The molecule has 2 amide bonds. The summed E-state index contributed by atoms with van der Waals surface area (Å²) in [4.78, 5) is 36.0. The highest BCUT2D eigenvalue weighted by molar-refractivity contribution is 6.02. The van der Waals surface area contributed by atoms with Crippen LogP contribution in [0.1, 0.15) is 30.4 Å². The maximum Gasteiger partial charge on any atom is 0.306 e. The smallest absolute Gasteiger partial charge is 0.306 e. The maximum atomic E-state index is 12.3. The van der Waals surface area contributed by atoms with E-state index in [0.29, 0.717) is 19.5 Å². The van der Waals surface area contributed by atoms with Crippen molar-refractivity contribution in [3.05, 3.63) is 65.7 Å². The molecule has 0 spiro atoms. The van der Waals surface area contributed by atoms with Gasteiger partial charge in [-0.1, -0.05) is 42.5 Å². The molecule has 0 unspecified atom stereocenters. The van der Waals surface area contributed by atoms with Gasteiger partial charge in [-0.05, 0) is 23.3 Å². The molecule has 1 aliphatic heterocycles. The number of hydrazone groups is 1. The summed E-state index contributed by atoms with van der Waals surface area (Å²) in [6.07, 6.45) is 0.559. The molecular weight excluding hydrogens is 398 g/mol. The van der Waals surface area contributed by atoms with Gasteiger partial charge in [0.15, 0.2) is 6.61 Å². The van der Waals surface area contributed by atoms with Crippen LogP contribution in [0.15, 0.2) is 59.7 Å². The molecule has 0 aromatic heterocycles. The molecule has 0 saturated carbocycles. The van der Waals surface area contributed by atoms with E-state index in [-0.39, 0.29) is 25.4 Å². The molecule has 0 atom stereocenters. The van der Waals surface area contributed by atoms with Gasteiger partial charge in [-0.2, -0.15) is 5.10 Å². The van der Waals surface area contributed by atoms with Crippen molar-refractivity contribution in [1.29, 1.82) is 0 Å². The van der Waals surface area contributed by atoms with E-state index in [4.69, 9.17) is 9.47 Å². The molecule has 0 fully saturated rings. The zero-order valence-corrected chi connectivity index (χ0v) is 17.4. The fraction of sp³-hybridized carbons (Fsp3) is 0.304. The Kier molecular flexibility index (Phi) is 7.75. The van der Waals surface area contributed by atoms with E-state index in [2.05, 4.69) is 10.4 Å². The summed E-state index contributed by atoms with van der Waals surface area (Å²) >= 11 is 0. The number of amides is 2. The van der Waals surface area contributed by atoms with Crippen molar-refractivity contribution in [2.45, 2.75) is 25.8 Å². The number of nitrogens with one attached hydrogen (secondary N) is 1. The van der Waals surface area contributed by atoms with Gasteiger partial charge in [-0.3, -0.25) is 14.4 Å². The number of benzene rings is 2. The van der Waals surface area contributed by atoms with E-state index < -0.39 is 11.9 Å². The summed E-state index contributed by atoms with van der Waals surface area (Å²) in [5, 5.41) is 8.41. The molecule has 0 radical (unpaired) electrons. The summed E-state index contributed by atoms with van der Waals surface area (Å²) < 4.78 is 10.0. The number of methoxy groups -OCH3 is 1. The van der Waals surface area contributed by atoms with Crippen LogP contribution in [0, 0.1) is 0 Å². The third-order valence-corrected chi connectivity index (χ3v) is 4.75. The van der Waals surface area contributed by atoms with Gasteiger partial charge < -0.3 is 14.8 Å². The summed E-state index contributed by atoms with van der Waals surface area (Å²) in [5.74, 6) is -0.521. The number of carbonyl (C=O) groups is 3. The van der Waals surface area contributed by atoms with Crippen LogP contribution in [0.25, 0.3) is 0 Å². The molecule has 3 rings (SSSR count). The number of hydrogen-bond acceptors (Lipinski definition) is 6. The van der Waals surface area contributed by atoms with Crippen molar-refractivity contribution in [2.24, 2.45) is 5.10 Å². The Morgan fingerprint density at radius 1 is 1.03 bits per heavy atom. The molecular formula is C23H25N3O5. The Hall–Kier alpha value is -3.68. The van der Waals surface area contributed by atoms with Gasteiger partial charge in [0.1, 0.15) is 5.75 Å². The monoisotopic (exact) mass is 423 g/mol. The van der Waals surface area contributed by atoms with Crippen LogP contribution in [-0.4, -0.2) is 48.8 Å². The van der Waals surface area contributed by atoms with E-state index in [0.717, 1.165) is 22.6 Å². The van der Waals surface area contributed by atoms with Crippen LogP contribution in [0.3, 0.4) is 0 Å². The zero-order chi connectivity index (χ0) is 22.1. The minimum Gasteiger partial charge on any atom is -0.497 e. The summed E-state index contributed by atoms with van der Waals surface area (Å²) in [6.45, 7) is 0.421. The highest BCUT2D eigenvalue weighted by Crippen LogP contribution is 2.15. The number of rotatable bonds is 9. The zero-order valence-electron chi connectivity index (χ0n) is 17.4. The third kappa shape index (κ3) is 6.67. The van der Waals surface area contributed by atoms with Crippen LogP contribution in [-0.2, 0) is 25.7 Å². The molecule has 8 nitrogen and oxygen atoms in total. The number of nitrogens with zero attached hydrogens (tertiary/aromatic N) is 2. The van der Waals surface area contributed by atoms with Crippen LogP contribution >= 0.6 is 0 Å². The lowest BCUT2D eigenvalue weighted by molar-refractivity contribution is -0.150. The Bertz CT molecular complexity index is 941. The summed E-state index contributed by atoms with van der Waals surface area (Å²) in [6, 6.07) is 16.9. The van der Waals surface area contributed by atoms with E-state index in [9.17, 15) is 14.4 Å². The molecule has 1 aliphatic rings. The average Bonchev–Trinajstić information content (AvgIpc) is 3.31.